The van der Waals surface area contributed by atoms with Crippen LogP contribution in [-0.2, 0) is 19.5 Å². The van der Waals surface area contributed by atoms with Gasteiger partial charge in [-0.05, 0) is 20.0 Å². The number of nitrogens with zero attached hydrogens (tertiary/aromatic N) is 6. The lowest BCUT2D eigenvalue weighted by atomic mass is 10.2. The molecule has 1 saturated heterocycles. The highest BCUT2D eigenvalue weighted by atomic mass is 16.4. The molecule has 0 amide bonds. The number of aromatic nitrogens is 3. The molecule has 1 atom stereocenters. The third-order valence-corrected chi connectivity index (χ3v) is 4.61. The summed E-state index contributed by atoms with van der Waals surface area (Å²) in [6.07, 6.45) is 7.27. The van der Waals surface area contributed by atoms with E-state index in [0.717, 1.165) is 57.2 Å². The van der Waals surface area contributed by atoms with E-state index < -0.39 is 0 Å². The number of likely N-dealkylation sites (N-methyl/N-ethyl adjacent to an activating group) is 1. The van der Waals surface area contributed by atoms with E-state index in [4.69, 9.17) is 9.68 Å². The summed E-state index contributed by atoms with van der Waals surface area (Å²) in [6, 6.07) is 2.63. The molecule has 128 valence electrons. The third-order valence-electron chi connectivity index (χ3n) is 4.61. The summed E-state index contributed by atoms with van der Waals surface area (Å²) in [7, 11) is 2.14. The summed E-state index contributed by atoms with van der Waals surface area (Å²) < 4.78 is 7.55. The first kappa shape index (κ1) is 16.7. The Morgan fingerprint density at radius 1 is 1.42 bits per heavy atom. The first-order valence-electron chi connectivity index (χ1n) is 8.46. The smallest absolute Gasteiger partial charge is 0.208 e. The normalized spacial score (nSPS) is 18.3. The van der Waals surface area contributed by atoms with Gasteiger partial charge in [-0.1, -0.05) is 6.92 Å². The van der Waals surface area contributed by atoms with Gasteiger partial charge in [0.1, 0.15) is 11.8 Å². The maximum absolute atomic E-state index is 8.83. The van der Waals surface area contributed by atoms with Crippen LogP contribution in [0.15, 0.2) is 23.0 Å². The number of likely N-dealkylation sites (tertiary alicyclic amines) is 1. The zero-order valence-corrected chi connectivity index (χ0v) is 14.4. The lowest BCUT2D eigenvalue weighted by Gasteiger charge is -2.23. The fourth-order valence-electron chi connectivity index (χ4n) is 3.09. The van der Waals surface area contributed by atoms with Crippen molar-refractivity contribution in [1.82, 2.24) is 24.6 Å². The average molecular weight is 328 g/mol. The van der Waals surface area contributed by atoms with Gasteiger partial charge in [-0.25, -0.2) is 4.98 Å². The number of aryl methyl sites for hydroxylation is 1. The van der Waals surface area contributed by atoms with Gasteiger partial charge in [-0.2, -0.15) is 10.4 Å². The van der Waals surface area contributed by atoms with Crippen molar-refractivity contribution >= 4 is 0 Å². The SMILES string of the molecule is CCc1cnc(CN(C)[C@H]2CCN(CCn3cc(C#N)cn3)C2)o1. The first-order valence-corrected chi connectivity index (χ1v) is 8.46. The Balaban J connectivity index is 1.45. The van der Waals surface area contributed by atoms with Crippen LogP contribution in [0.4, 0.5) is 0 Å². The van der Waals surface area contributed by atoms with E-state index >= 15 is 0 Å². The molecule has 0 aromatic carbocycles. The van der Waals surface area contributed by atoms with Gasteiger partial charge in [-0.3, -0.25) is 14.5 Å². The van der Waals surface area contributed by atoms with Gasteiger partial charge in [0.2, 0.25) is 5.89 Å². The van der Waals surface area contributed by atoms with Crippen molar-refractivity contribution in [3.05, 3.63) is 35.8 Å². The Morgan fingerprint density at radius 2 is 2.29 bits per heavy atom. The van der Waals surface area contributed by atoms with Gasteiger partial charge in [0.05, 0.1) is 31.0 Å². The maximum atomic E-state index is 8.83. The molecule has 2 aromatic rings. The number of hydrogen-bond acceptors (Lipinski definition) is 6. The van der Waals surface area contributed by atoms with Crippen molar-refractivity contribution < 1.29 is 4.42 Å². The van der Waals surface area contributed by atoms with Crippen LogP contribution in [0.3, 0.4) is 0 Å². The monoisotopic (exact) mass is 328 g/mol. The Bertz CT molecular complexity index is 700. The van der Waals surface area contributed by atoms with Gasteiger partial charge in [-0.15, -0.1) is 0 Å². The van der Waals surface area contributed by atoms with Gasteiger partial charge in [0, 0.05) is 31.7 Å². The Labute approximate surface area is 142 Å². The lowest BCUT2D eigenvalue weighted by molar-refractivity contribution is 0.203. The molecule has 3 rings (SSSR count). The van der Waals surface area contributed by atoms with Crippen LogP contribution >= 0.6 is 0 Å². The van der Waals surface area contributed by atoms with Crippen molar-refractivity contribution in [3.8, 4) is 6.07 Å². The molecule has 0 aliphatic carbocycles. The summed E-state index contributed by atoms with van der Waals surface area (Å²) >= 11 is 0. The molecule has 0 bridgehead atoms. The molecule has 0 radical (unpaired) electrons. The second kappa shape index (κ2) is 7.60. The summed E-state index contributed by atoms with van der Waals surface area (Å²) in [5.74, 6) is 1.75. The molecule has 0 N–H and O–H groups in total. The number of nitriles is 1. The first-order chi connectivity index (χ1) is 11.7. The maximum Gasteiger partial charge on any atom is 0.208 e. The van der Waals surface area contributed by atoms with E-state index in [0.29, 0.717) is 11.6 Å². The molecule has 3 heterocycles. The Kier molecular flexibility index (Phi) is 5.28. The summed E-state index contributed by atoms with van der Waals surface area (Å²) in [5.41, 5.74) is 0.617. The molecular weight excluding hydrogens is 304 g/mol. The summed E-state index contributed by atoms with van der Waals surface area (Å²) in [4.78, 5) is 9.12. The molecule has 7 nitrogen and oxygen atoms in total. The zero-order valence-electron chi connectivity index (χ0n) is 14.4. The van der Waals surface area contributed by atoms with Crippen LogP contribution < -0.4 is 0 Å². The molecule has 0 spiro atoms. The summed E-state index contributed by atoms with van der Waals surface area (Å²) in [6.45, 7) is 6.73. The van der Waals surface area contributed by atoms with Gasteiger partial charge >= 0.3 is 0 Å². The molecular formula is C17H24N6O. The second-order valence-corrected chi connectivity index (χ2v) is 6.34. The highest BCUT2D eigenvalue weighted by Crippen LogP contribution is 2.17. The van der Waals surface area contributed by atoms with Crippen LogP contribution in [0.2, 0.25) is 0 Å². The average Bonchev–Trinajstić information content (AvgIpc) is 3.33. The van der Waals surface area contributed by atoms with Crippen LogP contribution in [0.5, 0.6) is 0 Å². The molecule has 24 heavy (non-hydrogen) atoms. The number of oxazole rings is 1. The van der Waals surface area contributed by atoms with Crippen LogP contribution in [0.25, 0.3) is 0 Å². The van der Waals surface area contributed by atoms with Crippen molar-refractivity contribution in [3.63, 3.8) is 0 Å². The molecule has 2 aromatic heterocycles. The third kappa shape index (κ3) is 4.02. The van der Waals surface area contributed by atoms with E-state index in [-0.39, 0.29) is 0 Å². The van der Waals surface area contributed by atoms with E-state index in [1.54, 1.807) is 12.4 Å². The second-order valence-electron chi connectivity index (χ2n) is 6.34. The highest BCUT2D eigenvalue weighted by Gasteiger charge is 2.26. The van der Waals surface area contributed by atoms with Crippen molar-refractivity contribution in [2.45, 2.75) is 38.9 Å². The van der Waals surface area contributed by atoms with E-state index in [2.05, 4.69) is 39.9 Å². The van der Waals surface area contributed by atoms with Crippen LogP contribution in [0, 0.1) is 11.3 Å². The predicted molar refractivity (Wildman–Crippen MR) is 89.1 cm³/mol. The fraction of sp³-hybridized carbons (Fsp3) is 0.588. The predicted octanol–water partition coefficient (Wildman–Crippen LogP) is 1.51. The van der Waals surface area contributed by atoms with Crippen molar-refractivity contribution in [2.75, 3.05) is 26.7 Å². The minimum absolute atomic E-state index is 0.522. The largest absolute Gasteiger partial charge is 0.444 e. The van der Waals surface area contributed by atoms with Crippen molar-refractivity contribution in [1.29, 1.82) is 5.26 Å². The molecule has 0 saturated carbocycles. The van der Waals surface area contributed by atoms with Crippen molar-refractivity contribution in [2.24, 2.45) is 0 Å². The Hall–Kier alpha value is -2.17. The van der Waals surface area contributed by atoms with E-state index in [1.165, 1.54) is 0 Å². The van der Waals surface area contributed by atoms with E-state index in [1.807, 2.05) is 10.9 Å². The lowest BCUT2D eigenvalue weighted by Crippen LogP contribution is -2.35. The molecule has 1 aliphatic heterocycles. The zero-order chi connectivity index (χ0) is 16.9. The summed E-state index contributed by atoms with van der Waals surface area (Å²) in [5, 5.41) is 13.0. The number of rotatable bonds is 7. The molecule has 1 aliphatic rings. The molecule has 1 fully saturated rings. The fourth-order valence-corrected chi connectivity index (χ4v) is 3.09. The quantitative estimate of drug-likeness (QED) is 0.767. The highest BCUT2D eigenvalue weighted by molar-refractivity contribution is 5.21. The molecule has 7 heteroatoms. The van der Waals surface area contributed by atoms with Gasteiger partial charge < -0.3 is 4.42 Å². The van der Waals surface area contributed by atoms with Gasteiger partial charge in [0.15, 0.2) is 0 Å². The Morgan fingerprint density at radius 3 is 3.00 bits per heavy atom. The van der Waals surface area contributed by atoms with Gasteiger partial charge in [0.25, 0.3) is 0 Å². The van der Waals surface area contributed by atoms with E-state index in [9.17, 15) is 0 Å². The molecule has 0 unspecified atom stereocenters. The number of hydrogen-bond donors (Lipinski definition) is 0. The van der Waals surface area contributed by atoms with Crippen LogP contribution in [-0.4, -0.2) is 57.3 Å². The standard InChI is InChI=1S/C17H24N6O/c1-3-16-10-19-17(24-16)13-21(2)15-4-5-22(12-15)6-7-23-11-14(8-18)9-20-23/h9-11,15H,3-7,12-13H2,1-2H3/t15-/m0/s1. The van der Waals surface area contributed by atoms with Crippen LogP contribution in [0.1, 0.15) is 30.6 Å². The minimum atomic E-state index is 0.522. The topological polar surface area (TPSA) is 74.1 Å². The minimum Gasteiger partial charge on any atom is -0.444 e.